The summed E-state index contributed by atoms with van der Waals surface area (Å²) in [6.07, 6.45) is 0.580. The fraction of sp³-hybridized carbons (Fsp3) is 0.625. The second-order valence-electron chi connectivity index (χ2n) is 5.89. The summed E-state index contributed by atoms with van der Waals surface area (Å²) in [7, 11) is 1.66. The Kier molecular flexibility index (Phi) is 6.56. The first kappa shape index (κ1) is 17.1. The zero-order chi connectivity index (χ0) is 15.2. The number of benzene rings is 1. The summed E-state index contributed by atoms with van der Waals surface area (Å²) >= 11 is 0. The molecule has 0 bridgehead atoms. The molecule has 0 amide bonds. The van der Waals surface area contributed by atoms with Crippen molar-refractivity contribution in [2.24, 2.45) is 11.3 Å². The molecule has 0 saturated heterocycles. The monoisotopic (exact) mass is 285 g/mol. The summed E-state index contributed by atoms with van der Waals surface area (Å²) in [6.45, 7) is 8.56. The minimum Gasteiger partial charge on any atom is -0.383 e. The molecule has 0 saturated carbocycles. The maximum Gasteiger partial charge on any atom is 0.129 e. The lowest BCUT2D eigenvalue weighted by molar-refractivity contribution is 0.174. The van der Waals surface area contributed by atoms with Crippen LogP contribution < -0.4 is 5.32 Å². The molecule has 0 aliphatic rings. The third-order valence-electron chi connectivity index (χ3n) is 4.02. The first-order chi connectivity index (χ1) is 9.39. The Labute approximate surface area is 120 Å². The number of halogens is 2. The van der Waals surface area contributed by atoms with Crippen molar-refractivity contribution in [3.63, 3.8) is 0 Å². The van der Waals surface area contributed by atoms with E-state index in [0.717, 1.165) is 19.2 Å². The van der Waals surface area contributed by atoms with E-state index >= 15 is 0 Å². The average Bonchev–Trinajstić information content (AvgIpc) is 2.38. The number of methoxy groups -OCH3 is 1. The molecular weight excluding hydrogens is 260 g/mol. The van der Waals surface area contributed by atoms with Crippen molar-refractivity contribution >= 4 is 0 Å². The zero-order valence-electron chi connectivity index (χ0n) is 12.8. The molecule has 1 aromatic carbocycles. The van der Waals surface area contributed by atoms with Gasteiger partial charge in [-0.05, 0) is 29.4 Å². The van der Waals surface area contributed by atoms with Crippen LogP contribution in [-0.4, -0.2) is 26.8 Å². The minimum atomic E-state index is -0.532. The van der Waals surface area contributed by atoms with E-state index in [4.69, 9.17) is 4.74 Å². The molecule has 1 unspecified atom stereocenters. The fourth-order valence-corrected chi connectivity index (χ4v) is 2.12. The van der Waals surface area contributed by atoms with Gasteiger partial charge >= 0.3 is 0 Å². The lowest BCUT2D eigenvalue weighted by Crippen LogP contribution is -2.39. The van der Waals surface area contributed by atoms with Crippen molar-refractivity contribution < 1.29 is 13.5 Å². The van der Waals surface area contributed by atoms with Gasteiger partial charge in [-0.15, -0.1) is 0 Å². The van der Waals surface area contributed by atoms with E-state index in [1.54, 1.807) is 13.2 Å². The highest BCUT2D eigenvalue weighted by Gasteiger charge is 2.29. The second kappa shape index (κ2) is 7.70. The lowest BCUT2D eigenvalue weighted by Gasteiger charge is -2.34. The van der Waals surface area contributed by atoms with Crippen molar-refractivity contribution in [3.05, 3.63) is 35.4 Å². The van der Waals surface area contributed by atoms with Crippen LogP contribution in [0.3, 0.4) is 0 Å². The van der Waals surface area contributed by atoms with Gasteiger partial charge in [0.1, 0.15) is 11.6 Å². The first-order valence-corrected chi connectivity index (χ1v) is 7.02. The van der Waals surface area contributed by atoms with Gasteiger partial charge in [-0.2, -0.15) is 0 Å². The van der Waals surface area contributed by atoms with Gasteiger partial charge in [-0.25, -0.2) is 8.78 Å². The molecule has 1 atom stereocenters. The molecule has 1 N–H and O–H groups in total. The lowest BCUT2D eigenvalue weighted by atomic mass is 9.74. The standard InChI is InChI=1S/C16H25F2NO/c1-12(2)16(3,11-19-7-8-20-4)10-13-5-6-14(17)9-15(13)18/h5-6,9,12,19H,7-8,10-11H2,1-4H3. The van der Waals surface area contributed by atoms with E-state index in [1.165, 1.54) is 6.07 Å². The maximum absolute atomic E-state index is 13.8. The SMILES string of the molecule is COCCNCC(C)(Cc1ccc(F)cc1F)C(C)C. The summed E-state index contributed by atoms with van der Waals surface area (Å²) in [5.74, 6) is -0.619. The fourth-order valence-electron chi connectivity index (χ4n) is 2.12. The predicted octanol–water partition coefficient (Wildman–Crippen LogP) is 3.41. The highest BCUT2D eigenvalue weighted by atomic mass is 19.1. The Bertz CT molecular complexity index is 423. The Morgan fingerprint density at radius 3 is 2.55 bits per heavy atom. The number of hydrogen-bond donors (Lipinski definition) is 1. The first-order valence-electron chi connectivity index (χ1n) is 7.02. The quantitative estimate of drug-likeness (QED) is 0.739. The van der Waals surface area contributed by atoms with Crippen molar-refractivity contribution in [2.45, 2.75) is 27.2 Å². The van der Waals surface area contributed by atoms with Gasteiger partial charge < -0.3 is 10.1 Å². The Morgan fingerprint density at radius 2 is 2.00 bits per heavy atom. The predicted molar refractivity (Wildman–Crippen MR) is 77.8 cm³/mol. The molecule has 1 aromatic rings. The zero-order valence-corrected chi connectivity index (χ0v) is 12.8. The van der Waals surface area contributed by atoms with E-state index in [-0.39, 0.29) is 5.41 Å². The smallest absolute Gasteiger partial charge is 0.129 e. The van der Waals surface area contributed by atoms with Gasteiger partial charge in [0.05, 0.1) is 6.61 Å². The Morgan fingerprint density at radius 1 is 1.30 bits per heavy atom. The highest BCUT2D eigenvalue weighted by molar-refractivity contribution is 5.20. The molecule has 4 heteroatoms. The molecule has 0 spiro atoms. The Balaban J connectivity index is 2.74. The van der Waals surface area contributed by atoms with E-state index in [0.29, 0.717) is 24.5 Å². The van der Waals surface area contributed by atoms with Gasteiger partial charge in [-0.3, -0.25) is 0 Å². The summed E-state index contributed by atoms with van der Waals surface area (Å²) < 4.78 is 31.8. The van der Waals surface area contributed by atoms with Crippen LogP contribution in [0.4, 0.5) is 8.78 Å². The van der Waals surface area contributed by atoms with Crippen molar-refractivity contribution in [2.75, 3.05) is 26.8 Å². The van der Waals surface area contributed by atoms with E-state index in [1.807, 2.05) is 0 Å². The number of ether oxygens (including phenoxy) is 1. The molecule has 0 aromatic heterocycles. The number of nitrogens with one attached hydrogen (secondary N) is 1. The van der Waals surface area contributed by atoms with E-state index in [2.05, 4.69) is 26.1 Å². The van der Waals surface area contributed by atoms with Crippen LogP contribution in [0.2, 0.25) is 0 Å². The van der Waals surface area contributed by atoms with Crippen LogP contribution in [0.5, 0.6) is 0 Å². The van der Waals surface area contributed by atoms with Gasteiger partial charge in [0.15, 0.2) is 0 Å². The molecule has 0 fully saturated rings. The molecule has 0 heterocycles. The highest BCUT2D eigenvalue weighted by Crippen LogP contribution is 2.31. The van der Waals surface area contributed by atoms with E-state index in [9.17, 15) is 8.78 Å². The topological polar surface area (TPSA) is 21.3 Å². The van der Waals surface area contributed by atoms with Crippen LogP contribution in [0, 0.1) is 23.0 Å². The van der Waals surface area contributed by atoms with Gasteiger partial charge in [-0.1, -0.05) is 26.8 Å². The van der Waals surface area contributed by atoms with Crippen LogP contribution in [-0.2, 0) is 11.2 Å². The summed E-state index contributed by atoms with van der Waals surface area (Å²) in [6, 6.07) is 3.81. The number of hydrogen-bond acceptors (Lipinski definition) is 2. The minimum absolute atomic E-state index is 0.0909. The number of rotatable bonds is 8. The molecule has 1 rings (SSSR count). The molecule has 0 aliphatic heterocycles. The Hall–Kier alpha value is -1.00. The molecule has 114 valence electrons. The molecular formula is C16H25F2NO. The largest absolute Gasteiger partial charge is 0.383 e. The average molecular weight is 285 g/mol. The summed E-state index contributed by atoms with van der Waals surface area (Å²) in [5.41, 5.74) is 0.475. The molecule has 2 nitrogen and oxygen atoms in total. The van der Waals surface area contributed by atoms with Gasteiger partial charge in [0.2, 0.25) is 0 Å². The third kappa shape index (κ3) is 4.84. The summed E-state index contributed by atoms with van der Waals surface area (Å²) in [5, 5.41) is 3.34. The normalized spacial score (nSPS) is 14.6. The van der Waals surface area contributed by atoms with Crippen LogP contribution >= 0.6 is 0 Å². The molecule has 20 heavy (non-hydrogen) atoms. The van der Waals surface area contributed by atoms with Crippen molar-refractivity contribution in [3.8, 4) is 0 Å². The van der Waals surface area contributed by atoms with Crippen molar-refractivity contribution in [1.82, 2.24) is 5.32 Å². The van der Waals surface area contributed by atoms with Crippen molar-refractivity contribution in [1.29, 1.82) is 0 Å². The second-order valence-corrected chi connectivity index (χ2v) is 5.89. The molecule has 0 radical (unpaired) electrons. The van der Waals surface area contributed by atoms with Gasteiger partial charge in [0, 0.05) is 26.3 Å². The van der Waals surface area contributed by atoms with E-state index < -0.39 is 11.6 Å². The summed E-state index contributed by atoms with van der Waals surface area (Å²) in [4.78, 5) is 0. The maximum atomic E-state index is 13.8. The third-order valence-corrected chi connectivity index (χ3v) is 4.02. The van der Waals surface area contributed by atoms with Gasteiger partial charge in [0.25, 0.3) is 0 Å². The van der Waals surface area contributed by atoms with Crippen LogP contribution in [0.1, 0.15) is 26.3 Å². The molecule has 0 aliphatic carbocycles. The van der Waals surface area contributed by atoms with Crippen LogP contribution in [0.25, 0.3) is 0 Å². The van der Waals surface area contributed by atoms with Crippen LogP contribution in [0.15, 0.2) is 18.2 Å².